The van der Waals surface area contributed by atoms with E-state index < -0.39 is 8.60 Å². The molecule has 0 heterocycles. The fraction of sp³-hybridized carbons (Fsp3) is 0.812. The Morgan fingerprint density at radius 3 is 1.74 bits per heavy atom. The maximum absolute atomic E-state index is 9.99. The van der Waals surface area contributed by atoms with E-state index in [2.05, 4.69) is 52.3 Å². The van der Waals surface area contributed by atoms with Crippen LogP contribution in [0, 0.1) is 0 Å². The van der Waals surface area contributed by atoms with E-state index in [1.807, 2.05) is 6.07 Å². The number of hydrogen-bond acceptors (Lipinski definition) is 4. The number of benzene rings is 1. The number of ether oxygens (including phenoxy) is 1. The van der Waals surface area contributed by atoms with Crippen LogP contribution in [-0.2, 0) is 20.4 Å². The molecule has 0 saturated carbocycles. The average molecular weight is 555 g/mol. The Bertz CT molecular complexity index is 626. The van der Waals surface area contributed by atoms with Gasteiger partial charge in [-0.15, -0.1) is 0 Å². The number of quaternary nitrogens is 1. The molecule has 1 N–H and O–H groups in total. The lowest BCUT2D eigenvalue weighted by Crippen LogP contribution is -2.37. The molecule has 0 aliphatic carbocycles. The van der Waals surface area contributed by atoms with E-state index in [1.54, 1.807) is 0 Å². The molecule has 0 saturated heterocycles. The zero-order valence-electron chi connectivity index (χ0n) is 25.4. The fourth-order valence-electron chi connectivity index (χ4n) is 4.55. The Morgan fingerprint density at radius 1 is 0.684 bits per heavy atom. The van der Waals surface area contributed by atoms with E-state index in [9.17, 15) is 4.89 Å². The van der Waals surface area contributed by atoms with E-state index in [0.717, 1.165) is 30.3 Å². The number of likely N-dealkylation sites (N-methyl/N-ethyl adjacent to an activating group) is 1. The molecule has 5 nitrogen and oxygen atoms in total. The summed E-state index contributed by atoms with van der Waals surface area (Å²) in [6.45, 7) is 4.81. The molecular weight excluding hydrogens is 493 g/mol. The first kappa shape index (κ1) is 35.5. The van der Waals surface area contributed by atoms with Crippen LogP contribution in [0.15, 0.2) is 30.3 Å². The predicted molar refractivity (Wildman–Crippen MR) is 163 cm³/mol. The van der Waals surface area contributed by atoms with Crippen LogP contribution >= 0.6 is 8.60 Å². The van der Waals surface area contributed by atoms with Crippen molar-refractivity contribution in [2.75, 3.05) is 40.9 Å². The molecule has 222 valence electrons. The van der Waals surface area contributed by atoms with Crippen molar-refractivity contribution in [3.05, 3.63) is 35.9 Å². The van der Waals surface area contributed by atoms with Gasteiger partial charge in [0.1, 0.15) is 13.2 Å². The molecule has 0 bridgehead atoms. The van der Waals surface area contributed by atoms with Gasteiger partial charge in [0.2, 0.25) is 0 Å². The van der Waals surface area contributed by atoms with Gasteiger partial charge in [-0.25, -0.2) is 0 Å². The Labute approximate surface area is 237 Å². The Kier molecular flexibility index (Phi) is 22.7. The van der Waals surface area contributed by atoms with Crippen LogP contribution < -0.4 is 0 Å². The summed E-state index contributed by atoms with van der Waals surface area (Å²) < 4.78 is 18.1. The van der Waals surface area contributed by atoms with E-state index in [0.29, 0.717) is 19.8 Å². The van der Waals surface area contributed by atoms with Gasteiger partial charge in [-0.05, 0) is 24.8 Å². The van der Waals surface area contributed by atoms with Gasteiger partial charge in [0.05, 0.1) is 40.5 Å². The van der Waals surface area contributed by atoms with Crippen LogP contribution in [0.1, 0.15) is 122 Å². The highest BCUT2D eigenvalue weighted by Gasteiger charge is 2.13. The quantitative estimate of drug-likeness (QED) is 0.0669. The molecule has 0 aliphatic heterocycles. The third-order valence-corrected chi connectivity index (χ3v) is 7.85. The van der Waals surface area contributed by atoms with Gasteiger partial charge in [-0.3, -0.25) is 0 Å². The maximum Gasteiger partial charge on any atom is 0.330 e. The first-order valence-electron chi connectivity index (χ1n) is 15.6. The maximum atomic E-state index is 9.99. The second-order valence-corrected chi connectivity index (χ2v) is 12.9. The van der Waals surface area contributed by atoms with E-state index in [-0.39, 0.29) is 6.10 Å². The molecule has 0 aromatic heterocycles. The predicted octanol–water partition coefficient (Wildman–Crippen LogP) is 9.18. The van der Waals surface area contributed by atoms with Gasteiger partial charge in [0.25, 0.3) is 0 Å². The highest BCUT2D eigenvalue weighted by Crippen LogP contribution is 2.33. The van der Waals surface area contributed by atoms with Gasteiger partial charge in [0.15, 0.2) is 0 Å². The number of nitrogens with zero attached hydrogens (tertiary/aromatic N) is 1. The lowest BCUT2D eigenvalue weighted by atomic mass is 10.0. The number of rotatable bonds is 27. The number of hydrogen-bond donors (Lipinski definition) is 1. The molecule has 0 spiro atoms. The smallest absolute Gasteiger partial charge is 0.330 e. The monoisotopic (exact) mass is 554 g/mol. The van der Waals surface area contributed by atoms with Gasteiger partial charge in [-0.1, -0.05) is 127 Å². The third kappa shape index (κ3) is 23.3. The van der Waals surface area contributed by atoms with Crippen LogP contribution in [0.3, 0.4) is 0 Å². The largest absolute Gasteiger partial charge is 0.374 e. The first-order valence-corrected chi connectivity index (χ1v) is 16.7. The lowest BCUT2D eigenvalue weighted by Gasteiger charge is -2.24. The summed E-state index contributed by atoms with van der Waals surface area (Å²) in [7, 11) is 4.54. The van der Waals surface area contributed by atoms with Crippen molar-refractivity contribution in [2.24, 2.45) is 0 Å². The number of unbranched alkanes of at least 4 members (excludes halogenated alkanes) is 13. The highest BCUT2D eigenvalue weighted by molar-refractivity contribution is 7.40. The zero-order chi connectivity index (χ0) is 27.7. The van der Waals surface area contributed by atoms with Gasteiger partial charge in [-0.2, -0.15) is 0 Å². The highest BCUT2D eigenvalue weighted by atomic mass is 31.2. The summed E-state index contributed by atoms with van der Waals surface area (Å²) in [6, 6.07) is 10.4. The second kappa shape index (κ2) is 24.3. The third-order valence-electron chi connectivity index (χ3n) is 7.04. The van der Waals surface area contributed by atoms with Gasteiger partial charge >= 0.3 is 8.60 Å². The van der Waals surface area contributed by atoms with Gasteiger partial charge < -0.3 is 23.2 Å². The molecule has 2 unspecified atom stereocenters. The van der Waals surface area contributed by atoms with E-state index in [4.69, 9.17) is 13.8 Å². The minimum absolute atomic E-state index is 0.236. The van der Waals surface area contributed by atoms with Crippen LogP contribution in [-0.4, -0.2) is 56.4 Å². The second-order valence-electron chi connectivity index (χ2n) is 11.9. The zero-order valence-corrected chi connectivity index (χ0v) is 26.3. The Hall–Kier alpha value is -0.550. The SMILES string of the molecule is CCCCCCCCCCCCCCCCC(CCCOP(O)OCC[N+](C)(C)C)OCc1ccccc1. The molecule has 0 aliphatic rings. The minimum Gasteiger partial charge on any atom is -0.374 e. The molecule has 1 aromatic carbocycles. The van der Waals surface area contributed by atoms with Crippen molar-refractivity contribution < 1.29 is 23.2 Å². The summed E-state index contributed by atoms with van der Waals surface area (Å²) >= 11 is 0. The Balaban J connectivity index is 2.14. The molecule has 2 atom stereocenters. The van der Waals surface area contributed by atoms with Crippen LogP contribution in [0.5, 0.6) is 0 Å². The van der Waals surface area contributed by atoms with E-state index >= 15 is 0 Å². The van der Waals surface area contributed by atoms with E-state index in [1.165, 1.54) is 95.5 Å². The molecule has 0 amide bonds. The van der Waals surface area contributed by atoms with Crippen molar-refractivity contribution in [3.63, 3.8) is 0 Å². The molecule has 38 heavy (non-hydrogen) atoms. The van der Waals surface area contributed by atoms with Gasteiger partial charge in [0, 0.05) is 0 Å². The van der Waals surface area contributed by atoms with Crippen molar-refractivity contribution in [1.29, 1.82) is 0 Å². The topological polar surface area (TPSA) is 47.9 Å². The van der Waals surface area contributed by atoms with Crippen molar-refractivity contribution in [3.8, 4) is 0 Å². The van der Waals surface area contributed by atoms with Crippen LogP contribution in [0.25, 0.3) is 0 Å². The standard InChI is InChI=1S/C32H61NO4P/c1-5-6-7-8-9-10-11-12-13-14-15-16-17-21-25-32(35-30-31-23-19-18-20-24-31)26-22-28-36-38(34)37-29-27-33(2,3)4/h18-20,23-24,32,34H,5-17,21-22,25-30H2,1-4H3/q+1. The van der Waals surface area contributed by atoms with Crippen molar-refractivity contribution >= 4 is 8.60 Å². The van der Waals surface area contributed by atoms with Crippen molar-refractivity contribution in [1.82, 2.24) is 0 Å². The Morgan fingerprint density at radius 2 is 1.18 bits per heavy atom. The molecular formula is C32H61NO4P+. The normalized spacial score (nSPS) is 13.6. The van der Waals surface area contributed by atoms with Crippen molar-refractivity contribution in [2.45, 2.75) is 129 Å². The average Bonchev–Trinajstić information content (AvgIpc) is 2.89. The summed E-state index contributed by atoms with van der Waals surface area (Å²) in [4.78, 5) is 9.99. The summed E-state index contributed by atoms with van der Waals surface area (Å²) in [5, 5.41) is 0. The molecule has 0 fully saturated rings. The van der Waals surface area contributed by atoms with Crippen LogP contribution in [0.4, 0.5) is 0 Å². The fourth-order valence-corrected chi connectivity index (χ4v) is 5.15. The molecule has 1 rings (SSSR count). The summed E-state index contributed by atoms with van der Waals surface area (Å²) in [6.07, 6.45) is 22.5. The first-order chi connectivity index (χ1) is 18.4. The minimum atomic E-state index is -1.79. The summed E-state index contributed by atoms with van der Waals surface area (Å²) in [5.74, 6) is 0. The summed E-state index contributed by atoms with van der Waals surface area (Å²) in [5.41, 5.74) is 1.22. The van der Waals surface area contributed by atoms with Crippen LogP contribution in [0.2, 0.25) is 0 Å². The molecule has 6 heteroatoms. The molecule has 1 aromatic rings. The molecule has 0 radical (unpaired) electrons. The lowest BCUT2D eigenvalue weighted by molar-refractivity contribution is -0.870.